The Kier molecular flexibility index (Phi) is 5.33. The van der Waals surface area contributed by atoms with Gasteiger partial charge in [-0.2, -0.15) is 13.2 Å². The summed E-state index contributed by atoms with van der Waals surface area (Å²) in [4.78, 5) is 16.1. The molecule has 2 amide bonds. The van der Waals surface area contributed by atoms with Crippen molar-refractivity contribution < 1.29 is 22.7 Å². The highest BCUT2D eigenvalue weighted by Crippen LogP contribution is 2.38. The first-order valence-electron chi connectivity index (χ1n) is 8.08. The molecule has 5 nitrogen and oxygen atoms in total. The van der Waals surface area contributed by atoms with Gasteiger partial charge in [0.15, 0.2) is 0 Å². The van der Waals surface area contributed by atoms with Gasteiger partial charge in [-0.25, -0.2) is 9.78 Å². The highest BCUT2D eigenvalue weighted by Gasteiger charge is 2.34. The average Bonchev–Trinajstić information content (AvgIpc) is 2.64. The van der Waals surface area contributed by atoms with Crippen LogP contribution in [0.25, 0.3) is 10.9 Å². The Bertz CT molecular complexity index is 1040. The van der Waals surface area contributed by atoms with E-state index >= 15 is 0 Å². The quantitative estimate of drug-likeness (QED) is 0.568. The highest BCUT2D eigenvalue weighted by atomic mass is 35.5. The molecule has 0 fully saturated rings. The Hall–Kier alpha value is -3.00. The van der Waals surface area contributed by atoms with Crippen molar-refractivity contribution in [1.29, 1.82) is 0 Å². The molecule has 0 spiro atoms. The highest BCUT2D eigenvalue weighted by molar-refractivity contribution is 6.30. The van der Waals surface area contributed by atoms with E-state index in [0.717, 1.165) is 6.07 Å². The maximum Gasteiger partial charge on any atom is 0.433 e. The number of methoxy groups -OCH3 is 1. The van der Waals surface area contributed by atoms with Crippen LogP contribution in [0.2, 0.25) is 5.02 Å². The van der Waals surface area contributed by atoms with Gasteiger partial charge in [-0.3, -0.25) is 0 Å². The lowest BCUT2D eigenvalue weighted by Crippen LogP contribution is -2.20. The first-order chi connectivity index (χ1) is 13.2. The predicted molar refractivity (Wildman–Crippen MR) is 102 cm³/mol. The van der Waals surface area contributed by atoms with Crippen molar-refractivity contribution in [1.82, 2.24) is 4.98 Å². The van der Waals surface area contributed by atoms with E-state index in [2.05, 4.69) is 15.6 Å². The third-order valence-corrected chi connectivity index (χ3v) is 4.25. The van der Waals surface area contributed by atoms with E-state index in [1.807, 2.05) is 0 Å². The molecular formula is C19H15ClF3N3O2. The first kappa shape index (κ1) is 19.8. The van der Waals surface area contributed by atoms with Gasteiger partial charge in [0.05, 0.1) is 23.7 Å². The minimum absolute atomic E-state index is 0.0391. The van der Waals surface area contributed by atoms with E-state index in [4.69, 9.17) is 16.3 Å². The number of hydrogen-bond acceptors (Lipinski definition) is 3. The number of carbonyl (C=O) groups excluding carboxylic acids is 1. The van der Waals surface area contributed by atoms with Gasteiger partial charge < -0.3 is 15.4 Å². The number of amides is 2. The number of rotatable bonds is 3. The summed E-state index contributed by atoms with van der Waals surface area (Å²) >= 11 is 5.81. The number of anilines is 2. The third kappa shape index (κ3) is 4.12. The molecule has 0 aliphatic heterocycles. The minimum atomic E-state index is -4.62. The number of carbonyl (C=O) groups is 1. The van der Waals surface area contributed by atoms with Gasteiger partial charge in [-0.05, 0) is 42.8 Å². The van der Waals surface area contributed by atoms with Crippen LogP contribution in [0.3, 0.4) is 0 Å². The van der Waals surface area contributed by atoms with Crippen molar-refractivity contribution in [3.05, 3.63) is 58.7 Å². The Morgan fingerprint density at radius 2 is 1.79 bits per heavy atom. The fourth-order valence-electron chi connectivity index (χ4n) is 2.67. The van der Waals surface area contributed by atoms with Crippen molar-refractivity contribution >= 4 is 39.9 Å². The van der Waals surface area contributed by atoms with Crippen LogP contribution in [0.5, 0.6) is 5.75 Å². The van der Waals surface area contributed by atoms with Crippen molar-refractivity contribution in [3.63, 3.8) is 0 Å². The Morgan fingerprint density at radius 3 is 2.39 bits per heavy atom. The number of urea groups is 1. The van der Waals surface area contributed by atoms with Gasteiger partial charge in [0, 0.05) is 16.8 Å². The lowest BCUT2D eigenvalue weighted by Gasteiger charge is -2.16. The molecule has 1 heterocycles. The molecule has 3 rings (SSSR count). The van der Waals surface area contributed by atoms with Crippen LogP contribution in [-0.4, -0.2) is 18.1 Å². The summed E-state index contributed by atoms with van der Waals surface area (Å²) in [6, 6.07) is 9.74. The van der Waals surface area contributed by atoms with E-state index in [0.29, 0.717) is 22.0 Å². The van der Waals surface area contributed by atoms with Gasteiger partial charge in [0.2, 0.25) is 0 Å². The molecule has 3 aromatic rings. The smallest absolute Gasteiger partial charge is 0.433 e. The molecule has 0 saturated carbocycles. The van der Waals surface area contributed by atoms with Crippen molar-refractivity contribution in [2.45, 2.75) is 13.1 Å². The zero-order valence-electron chi connectivity index (χ0n) is 14.8. The zero-order chi connectivity index (χ0) is 20.5. The molecule has 2 N–H and O–H groups in total. The molecule has 9 heteroatoms. The monoisotopic (exact) mass is 409 g/mol. The summed E-state index contributed by atoms with van der Waals surface area (Å²) in [5.74, 6) is -0.0391. The van der Waals surface area contributed by atoms with E-state index in [9.17, 15) is 18.0 Å². The van der Waals surface area contributed by atoms with Gasteiger partial charge in [0.25, 0.3) is 0 Å². The maximum atomic E-state index is 13.1. The summed E-state index contributed by atoms with van der Waals surface area (Å²) in [6.07, 6.45) is -4.62. The number of aryl methyl sites for hydroxylation is 1. The predicted octanol–water partition coefficient (Wildman–Crippen LogP) is 5.87. The minimum Gasteiger partial charge on any atom is -0.496 e. The number of benzene rings is 2. The van der Waals surface area contributed by atoms with Gasteiger partial charge in [-0.15, -0.1) is 0 Å². The number of aromatic nitrogens is 1. The van der Waals surface area contributed by atoms with Gasteiger partial charge in [0.1, 0.15) is 11.4 Å². The second-order valence-electron chi connectivity index (χ2n) is 5.95. The van der Waals surface area contributed by atoms with Crippen LogP contribution in [0.4, 0.5) is 29.3 Å². The SMILES string of the molecule is COc1cc(C(F)(F)F)nc2ccc(C)c(NC(=O)Nc3ccc(Cl)cc3)c12. The standard InChI is InChI=1S/C19H15ClF3N3O2/c1-10-3-8-13-16(14(28-2)9-15(25-13)19(21,22)23)17(10)26-18(27)24-12-6-4-11(20)5-7-12/h3-9H,1-2H3,(H2,24,26,27). The summed E-state index contributed by atoms with van der Waals surface area (Å²) in [6.45, 7) is 1.72. The largest absolute Gasteiger partial charge is 0.496 e. The van der Waals surface area contributed by atoms with Crippen LogP contribution < -0.4 is 15.4 Å². The molecule has 0 aliphatic rings. The van der Waals surface area contributed by atoms with Gasteiger partial charge >= 0.3 is 12.2 Å². The fraction of sp³-hybridized carbons (Fsp3) is 0.158. The van der Waals surface area contributed by atoms with E-state index in [1.165, 1.54) is 13.2 Å². The van der Waals surface area contributed by atoms with E-state index in [1.54, 1.807) is 37.3 Å². The molecule has 0 bridgehead atoms. The fourth-order valence-corrected chi connectivity index (χ4v) is 2.80. The normalized spacial score (nSPS) is 11.4. The van der Waals surface area contributed by atoms with Crippen LogP contribution in [-0.2, 0) is 6.18 Å². The van der Waals surface area contributed by atoms with Crippen molar-refractivity contribution in [2.75, 3.05) is 17.7 Å². The molecule has 0 atom stereocenters. The van der Waals surface area contributed by atoms with Gasteiger partial charge in [-0.1, -0.05) is 17.7 Å². The number of alkyl halides is 3. The number of fused-ring (bicyclic) bond motifs is 1. The number of ether oxygens (including phenoxy) is 1. The number of pyridine rings is 1. The number of nitrogens with zero attached hydrogens (tertiary/aromatic N) is 1. The van der Waals surface area contributed by atoms with E-state index < -0.39 is 17.9 Å². The van der Waals surface area contributed by atoms with Crippen molar-refractivity contribution in [3.8, 4) is 5.75 Å². The number of halogens is 4. The molecule has 2 aromatic carbocycles. The lowest BCUT2D eigenvalue weighted by molar-refractivity contribution is -0.141. The second kappa shape index (κ2) is 7.55. The Balaban J connectivity index is 2.01. The molecule has 0 aliphatic carbocycles. The average molecular weight is 410 g/mol. The number of hydrogen-bond donors (Lipinski definition) is 2. The van der Waals surface area contributed by atoms with Crippen molar-refractivity contribution in [2.24, 2.45) is 0 Å². The molecule has 0 saturated heterocycles. The topological polar surface area (TPSA) is 63.2 Å². The maximum absolute atomic E-state index is 13.1. The summed E-state index contributed by atoms with van der Waals surface area (Å²) in [5.41, 5.74) is 0.432. The number of nitrogens with one attached hydrogen (secondary N) is 2. The zero-order valence-corrected chi connectivity index (χ0v) is 15.6. The molecule has 1 aromatic heterocycles. The first-order valence-corrected chi connectivity index (χ1v) is 8.46. The molecular weight excluding hydrogens is 395 g/mol. The third-order valence-electron chi connectivity index (χ3n) is 4.00. The lowest BCUT2D eigenvalue weighted by atomic mass is 10.1. The Labute approximate surface area is 163 Å². The molecule has 28 heavy (non-hydrogen) atoms. The van der Waals surface area contributed by atoms with Crippen LogP contribution in [0, 0.1) is 6.92 Å². The summed E-state index contributed by atoms with van der Waals surface area (Å²) < 4.78 is 44.4. The summed E-state index contributed by atoms with van der Waals surface area (Å²) in [5, 5.41) is 6.10. The van der Waals surface area contributed by atoms with Crippen LogP contribution >= 0.6 is 11.6 Å². The molecule has 0 unspecified atom stereocenters. The Morgan fingerprint density at radius 1 is 1.11 bits per heavy atom. The van der Waals surface area contributed by atoms with Crippen LogP contribution in [0.1, 0.15) is 11.3 Å². The molecule has 0 radical (unpaired) electrons. The van der Waals surface area contributed by atoms with Crippen LogP contribution in [0.15, 0.2) is 42.5 Å². The second-order valence-corrected chi connectivity index (χ2v) is 6.38. The molecule has 146 valence electrons. The summed E-state index contributed by atoms with van der Waals surface area (Å²) in [7, 11) is 1.26. The van der Waals surface area contributed by atoms with E-state index in [-0.39, 0.29) is 16.7 Å².